The second kappa shape index (κ2) is 8.61. The molecule has 0 amide bonds. The van der Waals surface area contributed by atoms with Crippen molar-refractivity contribution in [2.24, 2.45) is 4.99 Å². The maximum atomic E-state index is 10.3. The average molecular weight is 353 g/mol. The van der Waals surface area contributed by atoms with Crippen LogP contribution < -0.4 is 15.4 Å². The van der Waals surface area contributed by atoms with Crippen molar-refractivity contribution in [1.29, 1.82) is 0 Å². The highest BCUT2D eigenvalue weighted by Gasteiger charge is 2.16. The second-order valence-electron chi connectivity index (χ2n) is 6.54. The Morgan fingerprint density at radius 1 is 1.12 bits per heavy atom. The van der Waals surface area contributed by atoms with Crippen LogP contribution in [-0.2, 0) is 25.9 Å². The van der Waals surface area contributed by atoms with Crippen LogP contribution in [0.2, 0.25) is 0 Å². The van der Waals surface area contributed by atoms with Crippen LogP contribution >= 0.6 is 0 Å². The van der Waals surface area contributed by atoms with E-state index in [1.807, 2.05) is 30.3 Å². The number of methoxy groups -OCH3 is 1. The van der Waals surface area contributed by atoms with Gasteiger partial charge in [0.15, 0.2) is 5.96 Å². The molecule has 0 saturated carbocycles. The van der Waals surface area contributed by atoms with Crippen LogP contribution in [-0.4, -0.2) is 25.2 Å². The van der Waals surface area contributed by atoms with Gasteiger partial charge >= 0.3 is 0 Å². The lowest BCUT2D eigenvalue weighted by Gasteiger charge is -2.21. The maximum Gasteiger partial charge on any atom is 0.191 e. The highest BCUT2D eigenvalue weighted by Crippen LogP contribution is 2.30. The Morgan fingerprint density at radius 2 is 1.92 bits per heavy atom. The van der Waals surface area contributed by atoms with Gasteiger partial charge in [0.05, 0.1) is 7.11 Å². The predicted octanol–water partition coefficient (Wildman–Crippen LogP) is 3.14. The van der Waals surface area contributed by atoms with Gasteiger partial charge in [-0.05, 0) is 60.6 Å². The lowest BCUT2D eigenvalue weighted by atomic mass is 9.88. The van der Waals surface area contributed by atoms with Crippen molar-refractivity contribution in [1.82, 2.24) is 10.6 Å². The molecular formula is C21H27N3O2. The summed E-state index contributed by atoms with van der Waals surface area (Å²) in [5.74, 6) is 1.91. The summed E-state index contributed by atoms with van der Waals surface area (Å²) in [6, 6.07) is 11.8. The SMILES string of the molecule is CN=C(NCc1cccc(OC)c1)NCc1c(O)ccc2c1CCCC2. The highest BCUT2D eigenvalue weighted by atomic mass is 16.5. The molecule has 1 aliphatic carbocycles. The maximum absolute atomic E-state index is 10.3. The summed E-state index contributed by atoms with van der Waals surface area (Å²) in [6.07, 6.45) is 4.56. The quantitative estimate of drug-likeness (QED) is 0.571. The summed E-state index contributed by atoms with van der Waals surface area (Å²) in [4.78, 5) is 4.28. The Morgan fingerprint density at radius 3 is 2.73 bits per heavy atom. The standard InChI is InChI=1S/C21H27N3O2/c1-22-21(23-13-15-6-5-8-17(12-15)26-2)24-14-19-18-9-4-3-7-16(18)10-11-20(19)25/h5-6,8,10-12,25H,3-4,7,9,13-14H2,1-2H3,(H2,22,23,24). The zero-order valence-corrected chi connectivity index (χ0v) is 15.5. The normalized spacial score (nSPS) is 13.8. The summed E-state index contributed by atoms with van der Waals surface area (Å²) >= 11 is 0. The first kappa shape index (κ1) is 18.1. The van der Waals surface area contributed by atoms with Gasteiger partial charge in [-0.15, -0.1) is 0 Å². The summed E-state index contributed by atoms with van der Waals surface area (Å²) in [5, 5.41) is 16.9. The Kier molecular flexibility index (Phi) is 6.00. The van der Waals surface area contributed by atoms with E-state index in [9.17, 15) is 5.11 Å². The first-order valence-electron chi connectivity index (χ1n) is 9.11. The number of ether oxygens (including phenoxy) is 1. The fourth-order valence-electron chi connectivity index (χ4n) is 3.45. The molecule has 5 heteroatoms. The third kappa shape index (κ3) is 4.28. The van der Waals surface area contributed by atoms with Gasteiger partial charge in [0.25, 0.3) is 0 Å². The molecule has 138 valence electrons. The third-order valence-corrected chi connectivity index (χ3v) is 4.88. The number of hydrogen-bond acceptors (Lipinski definition) is 3. The van der Waals surface area contributed by atoms with E-state index < -0.39 is 0 Å². The highest BCUT2D eigenvalue weighted by molar-refractivity contribution is 5.79. The van der Waals surface area contributed by atoms with E-state index in [2.05, 4.69) is 21.7 Å². The van der Waals surface area contributed by atoms with E-state index in [0.29, 0.717) is 24.8 Å². The molecule has 0 unspecified atom stereocenters. The minimum atomic E-state index is 0.362. The molecule has 5 nitrogen and oxygen atoms in total. The summed E-state index contributed by atoms with van der Waals surface area (Å²) < 4.78 is 5.26. The van der Waals surface area contributed by atoms with Gasteiger partial charge in [0.1, 0.15) is 11.5 Å². The van der Waals surface area contributed by atoms with Crippen LogP contribution in [0.4, 0.5) is 0 Å². The van der Waals surface area contributed by atoms with Crippen LogP contribution in [0, 0.1) is 0 Å². The Balaban J connectivity index is 1.63. The minimum Gasteiger partial charge on any atom is -0.508 e. The third-order valence-electron chi connectivity index (χ3n) is 4.88. The molecule has 0 atom stereocenters. The van der Waals surface area contributed by atoms with Gasteiger partial charge in [0.2, 0.25) is 0 Å². The molecule has 1 aliphatic rings. The monoisotopic (exact) mass is 353 g/mol. The molecular weight excluding hydrogens is 326 g/mol. The van der Waals surface area contributed by atoms with E-state index in [-0.39, 0.29) is 0 Å². The van der Waals surface area contributed by atoms with Gasteiger partial charge in [-0.3, -0.25) is 4.99 Å². The second-order valence-corrected chi connectivity index (χ2v) is 6.54. The lowest BCUT2D eigenvalue weighted by Crippen LogP contribution is -2.36. The number of aromatic hydroxyl groups is 1. The number of phenolic OH excluding ortho intramolecular Hbond substituents is 1. The first-order valence-corrected chi connectivity index (χ1v) is 9.11. The molecule has 0 heterocycles. The number of nitrogens with one attached hydrogen (secondary N) is 2. The summed E-state index contributed by atoms with van der Waals surface area (Å²) in [7, 11) is 3.42. The van der Waals surface area contributed by atoms with E-state index in [1.165, 1.54) is 24.0 Å². The zero-order chi connectivity index (χ0) is 18.4. The minimum absolute atomic E-state index is 0.362. The number of aryl methyl sites for hydroxylation is 1. The molecule has 2 aromatic carbocycles. The van der Waals surface area contributed by atoms with E-state index >= 15 is 0 Å². The van der Waals surface area contributed by atoms with Crippen LogP contribution in [0.25, 0.3) is 0 Å². The Hall–Kier alpha value is -2.69. The number of guanidine groups is 1. The molecule has 3 rings (SSSR count). The molecule has 0 aromatic heterocycles. The van der Waals surface area contributed by atoms with Gasteiger partial charge in [0, 0.05) is 25.7 Å². The molecule has 26 heavy (non-hydrogen) atoms. The van der Waals surface area contributed by atoms with E-state index in [0.717, 1.165) is 29.7 Å². The van der Waals surface area contributed by atoms with Gasteiger partial charge in [-0.25, -0.2) is 0 Å². The zero-order valence-electron chi connectivity index (χ0n) is 15.5. The number of nitrogens with zero attached hydrogens (tertiary/aromatic N) is 1. The number of phenols is 1. The van der Waals surface area contributed by atoms with Crippen LogP contribution in [0.1, 0.15) is 35.1 Å². The number of benzene rings is 2. The van der Waals surface area contributed by atoms with Crippen LogP contribution in [0.15, 0.2) is 41.4 Å². The molecule has 3 N–H and O–H groups in total. The summed E-state index contributed by atoms with van der Waals surface area (Å²) in [6.45, 7) is 1.21. The lowest BCUT2D eigenvalue weighted by molar-refractivity contribution is 0.414. The van der Waals surface area contributed by atoms with Crippen molar-refractivity contribution < 1.29 is 9.84 Å². The van der Waals surface area contributed by atoms with Crippen molar-refractivity contribution in [3.05, 3.63) is 58.7 Å². The Bertz CT molecular complexity index is 787. The first-order chi connectivity index (χ1) is 12.7. The van der Waals surface area contributed by atoms with Crippen molar-refractivity contribution in [2.45, 2.75) is 38.8 Å². The van der Waals surface area contributed by atoms with Crippen molar-refractivity contribution >= 4 is 5.96 Å². The van der Waals surface area contributed by atoms with Crippen molar-refractivity contribution in [2.75, 3.05) is 14.2 Å². The van der Waals surface area contributed by atoms with Crippen molar-refractivity contribution in [3.8, 4) is 11.5 Å². The molecule has 0 aliphatic heterocycles. The van der Waals surface area contributed by atoms with Gasteiger partial charge in [-0.2, -0.15) is 0 Å². The average Bonchev–Trinajstić information content (AvgIpc) is 2.69. The fraction of sp³-hybridized carbons (Fsp3) is 0.381. The number of rotatable bonds is 5. The number of aliphatic imine (C=N–C) groups is 1. The molecule has 0 bridgehead atoms. The number of fused-ring (bicyclic) bond motifs is 1. The largest absolute Gasteiger partial charge is 0.508 e. The van der Waals surface area contributed by atoms with Gasteiger partial charge in [-0.1, -0.05) is 18.2 Å². The van der Waals surface area contributed by atoms with E-state index in [1.54, 1.807) is 14.2 Å². The predicted molar refractivity (Wildman–Crippen MR) is 105 cm³/mol. The molecule has 0 spiro atoms. The van der Waals surface area contributed by atoms with Crippen LogP contribution in [0.3, 0.4) is 0 Å². The summed E-state index contributed by atoms with van der Waals surface area (Å²) in [5.41, 5.74) is 4.77. The van der Waals surface area contributed by atoms with Gasteiger partial charge < -0.3 is 20.5 Å². The molecule has 0 fully saturated rings. The topological polar surface area (TPSA) is 65.9 Å². The fourth-order valence-corrected chi connectivity index (χ4v) is 3.45. The van der Waals surface area contributed by atoms with Crippen LogP contribution in [0.5, 0.6) is 11.5 Å². The molecule has 2 aromatic rings. The van der Waals surface area contributed by atoms with E-state index in [4.69, 9.17) is 4.74 Å². The molecule has 0 radical (unpaired) electrons. The smallest absolute Gasteiger partial charge is 0.191 e. The number of hydrogen-bond donors (Lipinski definition) is 3. The Labute approximate surface area is 155 Å². The van der Waals surface area contributed by atoms with Crippen molar-refractivity contribution in [3.63, 3.8) is 0 Å². The molecule has 0 saturated heterocycles.